The molecule has 3 unspecified atom stereocenters. The molecule has 2 fully saturated rings. The van der Waals surface area contributed by atoms with Crippen LogP contribution in [-0.2, 0) is 31.0 Å². The van der Waals surface area contributed by atoms with Gasteiger partial charge in [-0.25, -0.2) is 8.42 Å². The molecule has 0 N–H and O–H groups in total. The van der Waals surface area contributed by atoms with Crippen molar-refractivity contribution in [3.05, 3.63) is 35.2 Å². The summed E-state index contributed by atoms with van der Waals surface area (Å²) in [6.45, 7) is 4.70. The van der Waals surface area contributed by atoms with Crippen LogP contribution < -0.4 is 0 Å². The number of piperidine rings is 1. The molecule has 3 aliphatic rings. The zero-order chi connectivity index (χ0) is 23.5. The molecule has 0 radical (unpaired) electrons. The van der Waals surface area contributed by atoms with Gasteiger partial charge in [0.25, 0.3) is 5.91 Å². The molecule has 0 aromatic carbocycles. The lowest BCUT2D eigenvalue weighted by Crippen LogP contribution is -2.36. The summed E-state index contributed by atoms with van der Waals surface area (Å²) in [5.41, 5.74) is -0.607. The second kappa shape index (κ2) is 7.60. The summed E-state index contributed by atoms with van der Waals surface area (Å²) < 4.78 is 72.8. The molecule has 2 heterocycles. The summed E-state index contributed by atoms with van der Waals surface area (Å²) in [6.07, 6.45) is 0.173. The molecular weight excluding hydrogens is 451 g/mol. The maximum Gasteiger partial charge on any atom is 0.471 e. The van der Waals surface area contributed by atoms with E-state index >= 15 is 0 Å². The summed E-state index contributed by atoms with van der Waals surface area (Å²) >= 11 is 0. The number of carbonyl (C=O) groups excluding carboxylic acids is 1. The van der Waals surface area contributed by atoms with Gasteiger partial charge >= 0.3 is 12.1 Å². The van der Waals surface area contributed by atoms with Crippen molar-refractivity contribution in [1.82, 2.24) is 15.0 Å². The molecule has 12 heteroatoms. The topological polar surface area (TPSA) is 103 Å². The lowest BCUT2D eigenvalue weighted by molar-refractivity contribution is -0.159. The van der Waals surface area contributed by atoms with Crippen LogP contribution >= 0.6 is 0 Å². The van der Waals surface area contributed by atoms with E-state index in [4.69, 9.17) is 4.74 Å². The number of allylic oxidation sites excluding steroid dienone is 1. The van der Waals surface area contributed by atoms with Gasteiger partial charge in [0.1, 0.15) is 5.76 Å². The molecule has 32 heavy (non-hydrogen) atoms. The number of ether oxygens (including phenoxy) is 1. The average Bonchev–Trinajstić information content (AvgIpc) is 3.07. The minimum absolute atomic E-state index is 0.0522. The molecule has 0 spiro atoms. The first-order valence-electron chi connectivity index (χ1n) is 10.3. The van der Waals surface area contributed by atoms with Crippen molar-refractivity contribution in [3.63, 3.8) is 0 Å². The van der Waals surface area contributed by atoms with Crippen LogP contribution in [0, 0.1) is 11.8 Å². The Labute approximate surface area is 183 Å². The molecule has 2 aliphatic carbocycles. The fourth-order valence-electron chi connectivity index (χ4n) is 4.23. The highest BCUT2D eigenvalue weighted by Gasteiger charge is 2.65. The lowest BCUT2D eigenvalue weighted by Gasteiger charge is -2.26. The summed E-state index contributed by atoms with van der Waals surface area (Å²) in [5.74, 6) is -1.43. The standard InChI is InChI=1S/C20H24F3N3O5S/c1-11(2)9-30-15-5-4-13(32(3,28)29)6-14(15)16(27)26-8-12-7-19(12,10-26)17-24-18(31-25-17)20(21,22)23/h5-6,11-13H,4,7-10H2,1-3H3. The van der Waals surface area contributed by atoms with Gasteiger partial charge in [-0.05, 0) is 36.8 Å². The SMILES string of the molecule is CC(C)COC1=CCC(S(C)(=O)=O)C=C1C(=O)N1CC2CC2(c2noc(C(F)(F)F)n2)C1. The Hall–Kier alpha value is -2.37. The lowest BCUT2D eigenvalue weighted by atomic mass is 10.0. The van der Waals surface area contributed by atoms with Gasteiger partial charge in [-0.2, -0.15) is 18.2 Å². The van der Waals surface area contributed by atoms with Crippen molar-refractivity contribution in [1.29, 1.82) is 0 Å². The highest BCUT2D eigenvalue weighted by atomic mass is 32.2. The van der Waals surface area contributed by atoms with Crippen molar-refractivity contribution < 1.29 is 35.6 Å². The number of amides is 1. The van der Waals surface area contributed by atoms with E-state index in [1.807, 2.05) is 13.8 Å². The van der Waals surface area contributed by atoms with Gasteiger partial charge in [0, 0.05) is 19.3 Å². The Bertz CT molecular complexity index is 1090. The number of likely N-dealkylation sites (tertiary alicyclic amines) is 1. The fraction of sp³-hybridized carbons (Fsp3) is 0.650. The van der Waals surface area contributed by atoms with E-state index in [0.29, 0.717) is 25.3 Å². The number of halogens is 3. The maximum atomic E-state index is 13.3. The molecule has 1 aliphatic heterocycles. The zero-order valence-corrected chi connectivity index (χ0v) is 18.7. The molecule has 0 bridgehead atoms. The molecule has 176 valence electrons. The van der Waals surface area contributed by atoms with Crippen molar-refractivity contribution in [2.24, 2.45) is 11.8 Å². The van der Waals surface area contributed by atoms with Crippen LogP contribution in [0.15, 0.2) is 28.0 Å². The first kappa shape index (κ1) is 22.8. The number of hydrogen-bond acceptors (Lipinski definition) is 7. The summed E-state index contributed by atoms with van der Waals surface area (Å²) in [6, 6.07) is 0. The molecule has 1 aromatic heterocycles. The highest BCUT2D eigenvalue weighted by molar-refractivity contribution is 7.91. The summed E-state index contributed by atoms with van der Waals surface area (Å²) in [7, 11) is -3.43. The van der Waals surface area contributed by atoms with E-state index in [-0.39, 0.29) is 36.2 Å². The molecule has 8 nitrogen and oxygen atoms in total. The van der Waals surface area contributed by atoms with E-state index in [9.17, 15) is 26.4 Å². The van der Waals surface area contributed by atoms with Crippen molar-refractivity contribution >= 4 is 15.7 Å². The number of carbonyl (C=O) groups is 1. The molecular formula is C20H24F3N3O5S. The second-order valence-electron chi connectivity index (χ2n) is 9.12. The van der Waals surface area contributed by atoms with Gasteiger partial charge in [0.2, 0.25) is 0 Å². The second-order valence-corrected chi connectivity index (χ2v) is 11.4. The Morgan fingerprint density at radius 3 is 2.72 bits per heavy atom. The van der Waals surface area contributed by atoms with Gasteiger partial charge in [0.05, 0.1) is 22.8 Å². The molecule has 1 aromatic rings. The number of alkyl halides is 3. The predicted octanol–water partition coefficient (Wildman–Crippen LogP) is 2.49. The van der Waals surface area contributed by atoms with E-state index in [2.05, 4.69) is 14.7 Å². The predicted molar refractivity (Wildman–Crippen MR) is 106 cm³/mol. The molecule has 3 atom stereocenters. The Morgan fingerprint density at radius 1 is 1.41 bits per heavy atom. The molecule has 1 saturated carbocycles. The molecule has 4 rings (SSSR count). The zero-order valence-electron chi connectivity index (χ0n) is 17.8. The third-order valence-corrected chi connectivity index (χ3v) is 7.48. The Morgan fingerprint density at radius 2 is 2.12 bits per heavy atom. The van der Waals surface area contributed by atoms with Crippen LogP contribution in [0.5, 0.6) is 0 Å². The number of hydrogen-bond donors (Lipinski definition) is 0. The average molecular weight is 475 g/mol. The Kier molecular flexibility index (Phi) is 5.42. The van der Waals surface area contributed by atoms with Crippen LogP contribution in [0.3, 0.4) is 0 Å². The number of fused-ring (bicyclic) bond motifs is 1. The summed E-state index contributed by atoms with van der Waals surface area (Å²) in [5, 5.41) is 2.68. The first-order chi connectivity index (χ1) is 14.8. The third-order valence-electron chi connectivity index (χ3n) is 6.05. The fourth-order valence-corrected chi connectivity index (χ4v) is 5.06. The number of aromatic nitrogens is 2. The van der Waals surface area contributed by atoms with E-state index in [1.165, 1.54) is 11.0 Å². The minimum atomic E-state index is -4.73. The van der Waals surface area contributed by atoms with Crippen molar-refractivity contribution in [2.75, 3.05) is 26.0 Å². The smallest absolute Gasteiger partial charge is 0.471 e. The van der Waals surface area contributed by atoms with E-state index in [1.54, 1.807) is 6.08 Å². The van der Waals surface area contributed by atoms with Crippen molar-refractivity contribution in [3.8, 4) is 0 Å². The van der Waals surface area contributed by atoms with Crippen LogP contribution in [0.25, 0.3) is 0 Å². The maximum absolute atomic E-state index is 13.3. The summed E-state index contributed by atoms with van der Waals surface area (Å²) in [4.78, 5) is 18.4. The van der Waals surface area contributed by atoms with E-state index < -0.39 is 38.5 Å². The van der Waals surface area contributed by atoms with E-state index in [0.717, 1.165) is 6.26 Å². The number of rotatable bonds is 6. The van der Waals surface area contributed by atoms with Crippen LogP contribution in [-0.4, -0.2) is 60.6 Å². The molecule has 1 saturated heterocycles. The number of sulfone groups is 1. The van der Waals surface area contributed by atoms with Crippen LogP contribution in [0.1, 0.15) is 38.4 Å². The van der Waals surface area contributed by atoms with Crippen molar-refractivity contribution in [2.45, 2.75) is 43.5 Å². The van der Waals surface area contributed by atoms with Gasteiger partial charge in [0.15, 0.2) is 15.7 Å². The highest BCUT2D eigenvalue weighted by Crippen LogP contribution is 2.58. The van der Waals surface area contributed by atoms with Gasteiger partial charge in [-0.3, -0.25) is 4.79 Å². The largest absolute Gasteiger partial charge is 0.493 e. The minimum Gasteiger partial charge on any atom is -0.493 e. The molecule has 1 amide bonds. The number of nitrogens with zero attached hydrogens (tertiary/aromatic N) is 3. The van der Waals surface area contributed by atoms with Gasteiger partial charge in [-0.1, -0.05) is 19.0 Å². The van der Waals surface area contributed by atoms with Gasteiger partial charge in [-0.15, -0.1) is 0 Å². The third kappa shape index (κ3) is 4.16. The van der Waals surface area contributed by atoms with Crippen LogP contribution in [0.4, 0.5) is 13.2 Å². The monoisotopic (exact) mass is 475 g/mol. The quantitative estimate of drug-likeness (QED) is 0.623. The van der Waals surface area contributed by atoms with Crippen LogP contribution in [0.2, 0.25) is 0 Å². The first-order valence-corrected chi connectivity index (χ1v) is 12.2. The van der Waals surface area contributed by atoms with Gasteiger partial charge < -0.3 is 14.2 Å². The Balaban J connectivity index is 1.55. The normalized spacial score (nSPS) is 27.8.